The van der Waals surface area contributed by atoms with E-state index in [0.717, 1.165) is 23.5 Å². The van der Waals surface area contributed by atoms with Gasteiger partial charge in [0.15, 0.2) is 0 Å². The molecule has 2 aliphatic carbocycles. The van der Waals surface area contributed by atoms with Gasteiger partial charge >= 0.3 is 0 Å². The molecule has 57 heavy (non-hydrogen) atoms. The quantitative estimate of drug-likeness (QED) is 0.158. The van der Waals surface area contributed by atoms with Gasteiger partial charge in [0, 0.05) is 22.4 Å². The molecule has 2 aliphatic rings. The Bertz CT molecular complexity index is 2890. The predicted molar refractivity (Wildman–Crippen MR) is 243 cm³/mol. The van der Waals surface area contributed by atoms with E-state index >= 15 is 0 Å². The number of anilines is 3. The van der Waals surface area contributed by atoms with Crippen LogP contribution in [0.3, 0.4) is 0 Å². The van der Waals surface area contributed by atoms with E-state index in [4.69, 9.17) is 0 Å². The predicted octanol–water partition coefficient (Wildman–Crippen LogP) is 15.6. The lowest BCUT2D eigenvalue weighted by Gasteiger charge is -2.30. The summed E-state index contributed by atoms with van der Waals surface area (Å²) in [6.45, 7) is 7.05. The Balaban J connectivity index is 1.18. The second-order valence-electron chi connectivity index (χ2n) is 16.1. The molecule has 0 amide bonds. The number of rotatable bonds is 7. The van der Waals surface area contributed by atoms with E-state index in [-0.39, 0.29) is 5.41 Å². The van der Waals surface area contributed by atoms with Crippen molar-refractivity contribution in [3.8, 4) is 44.5 Å². The van der Waals surface area contributed by atoms with Crippen molar-refractivity contribution in [2.45, 2.75) is 32.6 Å². The molecule has 0 spiro atoms. The zero-order valence-electron chi connectivity index (χ0n) is 32.8. The minimum atomic E-state index is -0.0728. The molecule has 0 saturated carbocycles. The van der Waals surface area contributed by atoms with Gasteiger partial charge in [0.25, 0.3) is 0 Å². The lowest BCUT2D eigenvalue weighted by atomic mass is 9.82. The van der Waals surface area contributed by atoms with Gasteiger partial charge in [-0.25, -0.2) is 0 Å². The highest BCUT2D eigenvalue weighted by Crippen LogP contribution is 2.52. The zero-order valence-corrected chi connectivity index (χ0v) is 32.8. The SMILES string of the molecule is CC1CC=CC=C1c1ccccc1-c1ccccc1-c1ccccc1N(c1cccc(-c2ccc3ccccc3c2)c1)c1ccc2c(c1)-c1ccccc1C2(C)C. The first-order chi connectivity index (χ1) is 28.0. The highest BCUT2D eigenvalue weighted by atomic mass is 15.1. The van der Waals surface area contributed by atoms with Gasteiger partial charge in [-0.15, -0.1) is 0 Å². The van der Waals surface area contributed by atoms with Gasteiger partial charge in [-0.1, -0.05) is 185 Å². The minimum Gasteiger partial charge on any atom is -0.310 e. The largest absolute Gasteiger partial charge is 0.310 e. The summed E-state index contributed by atoms with van der Waals surface area (Å²) in [5.41, 5.74) is 18.7. The van der Waals surface area contributed by atoms with E-state index in [0.29, 0.717) is 5.92 Å². The maximum absolute atomic E-state index is 2.48. The summed E-state index contributed by atoms with van der Waals surface area (Å²) >= 11 is 0. The second kappa shape index (κ2) is 14.1. The van der Waals surface area contributed by atoms with Crippen molar-refractivity contribution in [1.82, 2.24) is 0 Å². The van der Waals surface area contributed by atoms with Crippen LogP contribution in [0.4, 0.5) is 17.1 Å². The van der Waals surface area contributed by atoms with E-state index in [9.17, 15) is 0 Å². The molecule has 1 atom stereocenters. The Morgan fingerprint density at radius 1 is 0.456 bits per heavy atom. The number of para-hydroxylation sites is 1. The zero-order chi connectivity index (χ0) is 38.5. The van der Waals surface area contributed by atoms with Crippen LogP contribution in [-0.4, -0.2) is 0 Å². The fraction of sp³-hybridized carbons (Fsp3) is 0.107. The fourth-order valence-corrected chi connectivity index (χ4v) is 9.39. The molecule has 1 unspecified atom stereocenters. The third-order valence-corrected chi connectivity index (χ3v) is 12.3. The number of allylic oxidation sites excluding steroid dienone is 4. The summed E-state index contributed by atoms with van der Waals surface area (Å²) in [7, 11) is 0. The summed E-state index contributed by atoms with van der Waals surface area (Å²) in [5.74, 6) is 0.455. The first kappa shape index (κ1) is 34.8. The summed E-state index contributed by atoms with van der Waals surface area (Å²) in [5, 5.41) is 2.49. The van der Waals surface area contributed by atoms with Crippen molar-refractivity contribution in [2.24, 2.45) is 5.92 Å². The van der Waals surface area contributed by atoms with Crippen molar-refractivity contribution in [2.75, 3.05) is 4.90 Å². The Kier molecular flexibility index (Phi) is 8.60. The Hall–Kier alpha value is -6.70. The first-order valence-corrected chi connectivity index (χ1v) is 20.2. The monoisotopic (exact) mass is 731 g/mol. The van der Waals surface area contributed by atoms with Crippen LogP contribution in [0.2, 0.25) is 0 Å². The number of nitrogens with zero attached hydrogens (tertiary/aromatic N) is 1. The van der Waals surface area contributed by atoms with Crippen LogP contribution in [0.25, 0.3) is 60.9 Å². The Labute approximate surface area is 336 Å². The van der Waals surface area contributed by atoms with Gasteiger partial charge < -0.3 is 4.90 Å². The van der Waals surface area contributed by atoms with Crippen LogP contribution in [0, 0.1) is 5.92 Å². The number of fused-ring (bicyclic) bond motifs is 4. The van der Waals surface area contributed by atoms with Crippen molar-refractivity contribution >= 4 is 33.4 Å². The van der Waals surface area contributed by atoms with E-state index < -0.39 is 0 Å². The molecule has 8 aromatic rings. The van der Waals surface area contributed by atoms with Gasteiger partial charge in [-0.05, 0) is 121 Å². The van der Waals surface area contributed by atoms with E-state index in [1.807, 2.05) is 0 Å². The molecule has 0 saturated heterocycles. The van der Waals surface area contributed by atoms with Crippen LogP contribution in [-0.2, 0) is 5.41 Å². The smallest absolute Gasteiger partial charge is 0.0540 e. The molecule has 10 rings (SSSR count). The van der Waals surface area contributed by atoms with Crippen molar-refractivity contribution in [3.63, 3.8) is 0 Å². The van der Waals surface area contributed by atoms with Gasteiger partial charge in [-0.3, -0.25) is 0 Å². The minimum absolute atomic E-state index is 0.0728. The molecule has 1 nitrogen and oxygen atoms in total. The average Bonchev–Trinajstić information content (AvgIpc) is 3.49. The molecule has 1 heteroatoms. The number of hydrogen-bond acceptors (Lipinski definition) is 1. The van der Waals surface area contributed by atoms with Gasteiger partial charge in [0.05, 0.1) is 5.69 Å². The van der Waals surface area contributed by atoms with Gasteiger partial charge in [0.2, 0.25) is 0 Å². The molecule has 0 aliphatic heterocycles. The molecule has 0 heterocycles. The maximum atomic E-state index is 2.48. The van der Waals surface area contributed by atoms with Gasteiger partial charge in [-0.2, -0.15) is 0 Å². The standard InChI is InChI=1S/C56H45N/c1-38-17-4-7-22-45(38)46-23-8-9-24-47(46)48-25-10-11-26-49(48)51-28-13-15-30-55(51)57(44-33-34-54-52(37-44)50-27-12-14-29-53(50)56(54,2)3)43-21-16-20-41(36-43)42-32-31-39-18-5-6-19-40(39)35-42/h4-16,18-38H,17H2,1-3H3. The summed E-state index contributed by atoms with van der Waals surface area (Å²) in [6, 6.07) is 67.4. The van der Waals surface area contributed by atoms with Crippen LogP contribution >= 0.6 is 0 Å². The van der Waals surface area contributed by atoms with Crippen molar-refractivity contribution in [1.29, 1.82) is 0 Å². The molecular formula is C56H45N. The highest BCUT2D eigenvalue weighted by Gasteiger charge is 2.35. The molecular weight excluding hydrogens is 687 g/mol. The molecule has 0 aromatic heterocycles. The van der Waals surface area contributed by atoms with Crippen LogP contribution in [0.1, 0.15) is 43.9 Å². The van der Waals surface area contributed by atoms with Gasteiger partial charge in [0.1, 0.15) is 0 Å². The third-order valence-electron chi connectivity index (χ3n) is 12.3. The third kappa shape index (κ3) is 6.03. The lowest BCUT2D eigenvalue weighted by Crippen LogP contribution is -2.15. The van der Waals surface area contributed by atoms with Crippen molar-refractivity contribution in [3.05, 3.63) is 217 Å². The van der Waals surface area contributed by atoms with Crippen LogP contribution in [0.15, 0.2) is 200 Å². The second-order valence-corrected chi connectivity index (χ2v) is 16.1. The fourth-order valence-electron chi connectivity index (χ4n) is 9.39. The van der Waals surface area contributed by atoms with Crippen LogP contribution in [0.5, 0.6) is 0 Å². The summed E-state index contributed by atoms with van der Waals surface area (Å²) in [4.78, 5) is 2.48. The van der Waals surface area contributed by atoms with E-state index in [1.165, 1.54) is 77.5 Å². The Morgan fingerprint density at radius 3 is 1.84 bits per heavy atom. The number of hydrogen-bond donors (Lipinski definition) is 0. The van der Waals surface area contributed by atoms with E-state index in [1.54, 1.807) is 0 Å². The molecule has 0 bridgehead atoms. The molecule has 274 valence electrons. The Morgan fingerprint density at radius 2 is 1.05 bits per heavy atom. The summed E-state index contributed by atoms with van der Waals surface area (Å²) in [6.07, 6.45) is 7.86. The molecule has 8 aromatic carbocycles. The lowest BCUT2D eigenvalue weighted by molar-refractivity contribution is 0.660. The molecule has 0 N–H and O–H groups in total. The van der Waals surface area contributed by atoms with Crippen molar-refractivity contribution < 1.29 is 0 Å². The molecule has 0 fully saturated rings. The highest BCUT2D eigenvalue weighted by molar-refractivity contribution is 5.98. The number of benzene rings is 8. The van der Waals surface area contributed by atoms with Crippen LogP contribution < -0.4 is 4.90 Å². The average molecular weight is 732 g/mol. The first-order valence-electron chi connectivity index (χ1n) is 20.2. The maximum Gasteiger partial charge on any atom is 0.0540 e. The normalized spacial score (nSPS) is 15.2. The van der Waals surface area contributed by atoms with E-state index in [2.05, 4.69) is 226 Å². The topological polar surface area (TPSA) is 3.24 Å². The molecule has 0 radical (unpaired) electrons. The summed E-state index contributed by atoms with van der Waals surface area (Å²) < 4.78 is 0.